The first kappa shape index (κ1) is 36.0. The molecule has 1 atom stereocenters. The van der Waals surface area contributed by atoms with Gasteiger partial charge in [0, 0.05) is 64.0 Å². The number of benzene rings is 2. The molecule has 4 amide bonds. The summed E-state index contributed by atoms with van der Waals surface area (Å²) >= 11 is 0. The lowest BCUT2D eigenvalue weighted by Gasteiger charge is -2.40. The summed E-state index contributed by atoms with van der Waals surface area (Å²) in [7, 11) is -3.19. The SMILES string of the molecule is Cc1cc(C[C@@H](OC(=O)N2CCC(N3CCc4ccccc4NC3=O)CC2)C(=O)N2CCC(C3CCN(S(C)(=O)=O)CC3)CC2)cc2oc(=O)[nH]c12. The third kappa shape index (κ3) is 7.85. The number of H-pyrrole nitrogens is 1. The van der Waals surface area contributed by atoms with E-state index in [4.69, 9.17) is 9.15 Å². The van der Waals surface area contributed by atoms with Gasteiger partial charge in [-0.25, -0.2) is 27.1 Å². The van der Waals surface area contributed by atoms with Crippen molar-refractivity contribution >= 4 is 44.8 Å². The number of sulfonamides is 1. The third-order valence-corrected chi connectivity index (χ3v) is 12.8. The van der Waals surface area contributed by atoms with Gasteiger partial charge in [-0.05, 0) is 92.5 Å². The molecule has 2 aromatic carbocycles. The highest BCUT2D eigenvalue weighted by atomic mass is 32.2. The van der Waals surface area contributed by atoms with E-state index in [0.717, 1.165) is 48.9 Å². The maximum atomic E-state index is 14.2. The number of ether oxygens (including phenoxy) is 1. The van der Waals surface area contributed by atoms with Crippen LogP contribution in [-0.4, -0.2) is 115 Å². The maximum Gasteiger partial charge on any atom is 0.417 e. The second kappa shape index (κ2) is 14.9. The summed E-state index contributed by atoms with van der Waals surface area (Å²) in [5.41, 5.74) is 4.38. The molecule has 0 radical (unpaired) electrons. The first-order valence-corrected chi connectivity index (χ1v) is 20.2. The second-order valence-electron chi connectivity index (χ2n) is 14.8. The summed E-state index contributed by atoms with van der Waals surface area (Å²) in [6.45, 7) is 5.34. The van der Waals surface area contributed by atoms with Gasteiger partial charge in [0.05, 0.1) is 11.8 Å². The topological polar surface area (TPSA) is 166 Å². The zero-order valence-corrected chi connectivity index (χ0v) is 30.7. The number of nitrogens with zero attached hydrogens (tertiary/aromatic N) is 4. The first-order valence-electron chi connectivity index (χ1n) is 18.4. The molecule has 5 heterocycles. The van der Waals surface area contributed by atoms with E-state index in [-0.39, 0.29) is 24.4 Å². The Labute approximate surface area is 303 Å². The smallest absolute Gasteiger partial charge is 0.417 e. The second-order valence-corrected chi connectivity index (χ2v) is 16.8. The van der Waals surface area contributed by atoms with Crippen LogP contribution in [0, 0.1) is 18.8 Å². The molecule has 14 nitrogen and oxygen atoms in total. The molecule has 280 valence electrons. The predicted molar refractivity (Wildman–Crippen MR) is 194 cm³/mol. The van der Waals surface area contributed by atoms with Crippen molar-refractivity contribution in [2.45, 2.75) is 70.4 Å². The van der Waals surface area contributed by atoms with Crippen molar-refractivity contribution < 1.29 is 32.0 Å². The maximum absolute atomic E-state index is 14.2. The molecule has 0 saturated carbocycles. The fourth-order valence-electron chi connectivity index (χ4n) is 8.57. The monoisotopic (exact) mass is 736 g/mol. The lowest BCUT2D eigenvalue weighted by molar-refractivity contribution is -0.142. The number of aromatic nitrogens is 1. The number of oxazole rings is 1. The number of aryl methyl sites for hydroxylation is 1. The van der Waals surface area contributed by atoms with Crippen molar-refractivity contribution in [2.24, 2.45) is 11.8 Å². The van der Waals surface area contributed by atoms with E-state index in [0.29, 0.717) is 87.2 Å². The highest BCUT2D eigenvalue weighted by Gasteiger charge is 2.37. The van der Waals surface area contributed by atoms with Crippen molar-refractivity contribution in [1.29, 1.82) is 0 Å². The molecule has 15 heteroatoms. The highest BCUT2D eigenvalue weighted by Crippen LogP contribution is 2.34. The summed E-state index contributed by atoms with van der Waals surface area (Å²) in [5.74, 6) is -0.0179. The Kier molecular flexibility index (Phi) is 10.3. The summed E-state index contributed by atoms with van der Waals surface area (Å²) in [6.07, 6.45) is 4.89. The van der Waals surface area contributed by atoms with Gasteiger partial charge >= 0.3 is 17.9 Å². The summed E-state index contributed by atoms with van der Waals surface area (Å²) in [4.78, 5) is 60.8. The van der Waals surface area contributed by atoms with Crippen LogP contribution in [0.15, 0.2) is 45.6 Å². The molecule has 0 spiro atoms. The highest BCUT2D eigenvalue weighted by molar-refractivity contribution is 7.88. The van der Waals surface area contributed by atoms with Gasteiger partial charge in [0.25, 0.3) is 5.91 Å². The third-order valence-electron chi connectivity index (χ3n) is 11.5. The summed E-state index contributed by atoms with van der Waals surface area (Å²) < 4.78 is 36.9. The standard InChI is InChI=1S/C37H48N6O8S/c1-24-21-25(22-31-33(24)39-36(46)50-31)23-32(34(44)40-14-7-26(8-15-40)27-9-18-42(19-10-27)52(2,48)49)51-37(47)41-16-12-29(13-17-41)43-20-11-28-5-3-4-6-30(28)38-35(43)45/h3-6,21-22,26-27,29,32H,7-20,23H2,1-2H3,(H,38,45)(H,39,46)/t32-/m1/s1. The Morgan fingerprint density at radius 3 is 2.25 bits per heavy atom. The number of hydrogen-bond donors (Lipinski definition) is 2. The number of rotatable bonds is 7. The average Bonchev–Trinajstić information content (AvgIpc) is 3.43. The van der Waals surface area contributed by atoms with Crippen molar-refractivity contribution in [3.63, 3.8) is 0 Å². The van der Waals surface area contributed by atoms with E-state index in [2.05, 4.69) is 10.3 Å². The number of nitrogens with one attached hydrogen (secondary N) is 2. The quantitative estimate of drug-likeness (QED) is 0.368. The molecule has 0 unspecified atom stereocenters. The van der Waals surface area contributed by atoms with Gasteiger partial charge in [0.2, 0.25) is 10.0 Å². The number of piperidine rings is 3. The van der Waals surface area contributed by atoms with E-state index in [1.807, 2.05) is 42.2 Å². The minimum atomic E-state index is -3.19. The van der Waals surface area contributed by atoms with Crippen molar-refractivity contribution in [3.8, 4) is 0 Å². The number of anilines is 1. The number of carbonyl (C=O) groups excluding carboxylic acids is 3. The lowest BCUT2D eigenvalue weighted by atomic mass is 9.79. The van der Waals surface area contributed by atoms with E-state index in [1.54, 1.807) is 20.2 Å². The lowest BCUT2D eigenvalue weighted by Crippen LogP contribution is -2.52. The van der Waals surface area contributed by atoms with E-state index in [9.17, 15) is 27.6 Å². The molecule has 1 aromatic heterocycles. The Hall–Kier alpha value is -4.37. The fraction of sp³-hybridized carbons (Fsp3) is 0.568. The molecule has 2 N–H and O–H groups in total. The fourth-order valence-corrected chi connectivity index (χ4v) is 9.45. The molecule has 4 aliphatic heterocycles. The number of carbonyl (C=O) groups is 3. The summed E-state index contributed by atoms with van der Waals surface area (Å²) in [5, 5.41) is 3.03. The molecule has 3 fully saturated rings. The largest absolute Gasteiger partial charge is 0.436 e. The van der Waals surface area contributed by atoms with Crippen molar-refractivity contribution in [2.75, 3.05) is 57.4 Å². The van der Waals surface area contributed by atoms with E-state index < -0.39 is 28.0 Å². The van der Waals surface area contributed by atoms with E-state index in [1.165, 1.54) is 6.26 Å². The Bertz CT molecular complexity index is 1970. The van der Waals surface area contributed by atoms with Gasteiger partial charge in [-0.1, -0.05) is 24.3 Å². The Balaban J connectivity index is 0.997. The van der Waals surface area contributed by atoms with Gasteiger partial charge < -0.3 is 29.2 Å². The normalized spacial score (nSPS) is 20.7. The first-order chi connectivity index (χ1) is 24.9. The molecular weight excluding hydrogens is 689 g/mol. The number of aromatic amines is 1. The van der Waals surface area contributed by atoms with Gasteiger partial charge in [-0.15, -0.1) is 0 Å². The number of amides is 4. The van der Waals surface area contributed by atoms with Gasteiger partial charge in [0.1, 0.15) is 0 Å². The van der Waals surface area contributed by atoms with Crippen LogP contribution in [-0.2, 0) is 32.4 Å². The van der Waals surface area contributed by atoms with Crippen LogP contribution in [0.3, 0.4) is 0 Å². The number of para-hydroxylation sites is 1. The van der Waals surface area contributed by atoms with Crippen LogP contribution in [0.25, 0.3) is 11.1 Å². The van der Waals surface area contributed by atoms with Crippen LogP contribution in [0.2, 0.25) is 0 Å². The van der Waals surface area contributed by atoms with E-state index >= 15 is 0 Å². The molecular formula is C37H48N6O8S. The molecule has 52 heavy (non-hydrogen) atoms. The van der Waals surface area contributed by atoms with Crippen molar-refractivity contribution in [3.05, 3.63) is 63.6 Å². The predicted octanol–water partition coefficient (Wildman–Crippen LogP) is 3.94. The van der Waals surface area contributed by atoms with Crippen molar-refractivity contribution in [1.82, 2.24) is 24.0 Å². The van der Waals surface area contributed by atoms with Gasteiger partial charge in [0.15, 0.2) is 11.7 Å². The minimum Gasteiger partial charge on any atom is -0.436 e. The number of fused-ring (bicyclic) bond motifs is 2. The molecule has 7 rings (SSSR count). The number of urea groups is 1. The Morgan fingerprint density at radius 2 is 1.56 bits per heavy atom. The molecule has 0 bridgehead atoms. The van der Waals surface area contributed by atoms with Crippen LogP contribution in [0.5, 0.6) is 0 Å². The molecule has 3 aromatic rings. The summed E-state index contributed by atoms with van der Waals surface area (Å²) in [6, 6.07) is 11.2. The number of hydrogen-bond acceptors (Lipinski definition) is 8. The average molecular weight is 737 g/mol. The van der Waals surface area contributed by atoms with Crippen LogP contribution >= 0.6 is 0 Å². The van der Waals surface area contributed by atoms with Gasteiger partial charge in [-0.3, -0.25) is 9.78 Å². The molecule has 4 aliphatic rings. The molecule has 0 aliphatic carbocycles. The minimum absolute atomic E-state index is 0.0265. The Morgan fingerprint density at radius 1 is 0.904 bits per heavy atom. The zero-order valence-electron chi connectivity index (χ0n) is 29.8. The van der Waals surface area contributed by atoms with Crippen LogP contribution in [0.4, 0.5) is 15.3 Å². The molecule has 3 saturated heterocycles. The van der Waals surface area contributed by atoms with Crippen LogP contribution in [0.1, 0.15) is 55.2 Å². The van der Waals surface area contributed by atoms with Crippen LogP contribution < -0.4 is 11.1 Å². The van der Waals surface area contributed by atoms with Gasteiger partial charge in [-0.2, -0.15) is 0 Å². The zero-order chi connectivity index (χ0) is 36.6. The number of likely N-dealkylation sites (tertiary alicyclic amines) is 2.